The first-order chi connectivity index (χ1) is 9.08. The van der Waals surface area contributed by atoms with Crippen molar-refractivity contribution in [1.82, 2.24) is 15.3 Å². The average molecular weight is 264 g/mol. The van der Waals surface area contributed by atoms with Gasteiger partial charge in [0.2, 0.25) is 0 Å². The van der Waals surface area contributed by atoms with Crippen LogP contribution >= 0.6 is 0 Å². The molecule has 1 saturated heterocycles. The van der Waals surface area contributed by atoms with Crippen LogP contribution in [-0.4, -0.2) is 42.3 Å². The molecule has 1 N–H and O–H groups in total. The number of anilines is 1. The largest absolute Gasteiger partial charge is 0.467 e. The summed E-state index contributed by atoms with van der Waals surface area (Å²) in [7, 11) is 1.61. The monoisotopic (exact) mass is 264 g/mol. The summed E-state index contributed by atoms with van der Waals surface area (Å²) in [5, 5.41) is 3.60. The first kappa shape index (κ1) is 14.1. The Hall–Kier alpha value is -1.36. The zero-order chi connectivity index (χ0) is 13.8. The van der Waals surface area contributed by atoms with Crippen molar-refractivity contribution in [3.05, 3.63) is 11.8 Å². The Morgan fingerprint density at radius 3 is 2.58 bits per heavy atom. The van der Waals surface area contributed by atoms with Crippen molar-refractivity contribution >= 4 is 5.82 Å². The van der Waals surface area contributed by atoms with Crippen molar-refractivity contribution in [2.24, 2.45) is 0 Å². The number of rotatable bonds is 4. The average Bonchev–Trinajstić information content (AvgIpc) is 2.38. The number of nitrogens with zero attached hydrogens (tertiary/aromatic N) is 3. The summed E-state index contributed by atoms with van der Waals surface area (Å²) in [6.07, 6.45) is 2.31. The smallest absolute Gasteiger partial charge is 0.318 e. The molecular weight excluding hydrogens is 240 g/mol. The second-order valence-electron chi connectivity index (χ2n) is 5.44. The number of aryl methyl sites for hydroxylation is 1. The second-order valence-corrected chi connectivity index (χ2v) is 5.44. The molecule has 1 aliphatic rings. The highest BCUT2D eigenvalue weighted by molar-refractivity contribution is 5.41. The van der Waals surface area contributed by atoms with Gasteiger partial charge in [0.25, 0.3) is 0 Å². The highest BCUT2D eigenvalue weighted by atomic mass is 16.5. The minimum Gasteiger partial charge on any atom is -0.467 e. The number of ether oxygens (including phenoxy) is 1. The lowest BCUT2D eigenvalue weighted by molar-refractivity contribution is 0.372. The number of nitrogens with one attached hydrogen (secondary N) is 1. The lowest BCUT2D eigenvalue weighted by Crippen LogP contribution is -2.45. The summed E-state index contributed by atoms with van der Waals surface area (Å²) in [6.45, 7) is 8.44. The van der Waals surface area contributed by atoms with Crippen LogP contribution in [0, 0.1) is 6.92 Å². The quantitative estimate of drug-likeness (QED) is 0.898. The van der Waals surface area contributed by atoms with Gasteiger partial charge < -0.3 is 15.0 Å². The van der Waals surface area contributed by atoms with Crippen LogP contribution in [0.1, 0.15) is 32.4 Å². The third-order valence-electron chi connectivity index (χ3n) is 3.39. The minimum atomic E-state index is 0.456. The summed E-state index contributed by atoms with van der Waals surface area (Å²) >= 11 is 0. The van der Waals surface area contributed by atoms with Crippen molar-refractivity contribution in [2.45, 2.75) is 45.7 Å². The van der Waals surface area contributed by atoms with E-state index in [9.17, 15) is 0 Å². The maximum atomic E-state index is 5.14. The van der Waals surface area contributed by atoms with E-state index in [2.05, 4.69) is 34.0 Å². The Bertz CT molecular complexity index is 414. The van der Waals surface area contributed by atoms with Gasteiger partial charge in [0.05, 0.1) is 7.11 Å². The maximum Gasteiger partial charge on any atom is 0.318 e. The molecule has 0 spiro atoms. The normalized spacial score (nSPS) is 17.0. The van der Waals surface area contributed by atoms with Crippen molar-refractivity contribution in [3.63, 3.8) is 0 Å². The second kappa shape index (κ2) is 6.19. The fraction of sp³-hybridized carbons (Fsp3) is 0.714. The zero-order valence-corrected chi connectivity index (χ0v) is 12.3. The molecule has 0 aromatic carbocycles. The van der Waals surface area contributed by atoms with Gasteiger partial charge >= 0.3 is 6.01 Å². The van der Waals surface area contributed by atoms with Crippen molar-refractivity contribution in [1.29, 1.82) is 0 Å². The topological polar surface area (TPSA) is 50.3 Å². The van der Waals surface area contributed by atoms with Crippen LogP contribution in [0.15, 0.2) is 6.07 Å². The van der Waals surface area contributed by atoms with Crippen LogP contribution in [0.2, 0.25) is 0 Å². The first-order valence-corrected chi connectivity index (χ1v) is 6.99. The van der Waals surface area contributed by atoms with E-state index in [0.717, 1.165) is 37.4 Å². The van der Waals surface area contributed by atoms with E-state index in [1.807, 2.05) is 13.0 Å². The van der Waals surface area contributed by atoms with E-state index in [0.29, 0.717) is 18.1 Å². The number of aromatic nitrogens is 2. The summed E-state index contributed by atoms with van der Waals surface area (Å²) in [6, 6.07) is 3.66. The van der Waals surface area contributed by atoms with Gasteiger partial charge in [0.1, 0.15) is 5.82 Å². The standard InChI is InChI=1S/C14H24N4O/c1-10(2)15-12-5-7-18(8-6-12)13-9-11(3)16-14(17-13)19-4/h9-10,12,15H,5-8H2,1-4H3. The fourth-order valence-electron chi connectivity index (χ4n) is 2.53. The van der Waals surface area contributed by atoms with Gasteiger partial charge in [-0.1, -0.05) is 13.8 Å². The van der Waals surface area contributed by atoms with Crippen LogP contribution in [0.4, 0.5) is 5.82 Å². The minimum absolute atomic E-state index is 0.456. The Kier molecular flexibility index (Phi) is 4.58. The SMILES string of the molecule is COc1nc(C)cc(N2CCC(NC(C)C)CC2)n1. The van der Waals surface area contributed by atoms with E-state index in [-0.39, 0.29) is 0 Å². The van der Waals surface area contributed by atoms with Gasteiger partial charge in [-0.15, -0.1) is 0 Å². The molecule has 0 amide bonds. The van der Waals surface area contributed by atoms with Gasteiger partial charge in [-0.2, -0.15) is 4.98 Å². The molecule has 0 bridgehead atoms. The maximum absolute atomic E-state index is 5.14. The van der Waals surface area contributed by atoms with Crippen LogP contribution in [0.3, 0.4) is 0 Å². The molecule has 0 saturated carbocycles. The van der Waals surface area contributed by atoms with E-state index in [1.165, 1.54) is 0 Å². The third kappa shape index (κ3) is 3.80. The molecule has 0 atom stereocenters. The molecule has 19 heavy (non-hydrogen) atoms. The predicted octanol–water partition coefficient (Wildman–Crippen LogP) is 1.76. The molecule has 0 radical (unpaired) electrons. The molecule has 2 rings (SSSR count). The van der Waals surface area contributed by atoms with Crippen LogP contribution < -0.4 is 15.0 Å². The highest BCUT2D eigenvalue weighted by Crippen LogP contribution is 2.20. The fourth-order valence-corrected chi connectivity index (χ4v) is 2.53. The Morgan fingerprint density at radius 2 is 2.00 bits per heavy atom. The van der Waals surface area contributed by atoms with Gasteiger partial charge in [0.15, 0.2) is 0 Å². The molecule has 0 unspecified atom stereocenters. The molecule has 0 aliphatic carbocycles. The summed E-state index contributed by atoms with van der Waals surface area (Å²) in [4.78, 5) is 11.0. The molecule has 106 valence electrons. The zero-order valence-electron chi connectivity index (χ0n) is 12.3. The predicted molar refractivity (Wildman–Crippen MR) is 76.8 cm³/mol. The molecule has 5 nitrogen and oxygen atoms in total. The van der Waals surface area contributed by atoms with Crippen molar-refractivity contribution < 1.29 is 4.74 Å². The highest BCUT2D eigenvalue weighted by Gasteiger charge is 2.21. The van der Waals surface area contributed by atoms with E-state index in [4.69, 9.17) is 4.74 Å². The number of hydrogen-bond donors (Lipinski definition) is 1. The summed E-state index contributed by atoms with van der Waals surface area (Å²) in [5.41, 5.74) is 0.948. The molecule has 1 aromatic rings. The van der Waals surface area contributed by atoms with Crippen LogP contribution in [0.25, 0.3) is 0 Å². The van der Waals surface area contributed by atoms with Gasteiger partial charge in [-0.3, -0.25) is 0 Å². The van der Waals surface area contributed by atoms with E-state index < -0.39 is 0 Å². The van der Waals surface area contributed by atoms with Crippen LogP contribution in [-0.2, 0) is 0 Å². The Labute approximate surface area is 115 Å². The molecule has 1 aliphatic heterocycles. The molecule has 1 fully saturated rings. The Morgan fingerprint density at radius 1 is 1.32 bits per heavy atom. The summed E-state index contributed by atoms with van der Waals surface area (Å²) in [5.74, 6) is 0.979. The third-order valence-corrected chi connectivity index (χ3v) is 3.39. The molecule has 1 aromatic heterocycles. The number of hydrogen-bond acceptors (Lipinski definition) is 5. The van der Waals surface area contributed by atoms with E-state index >= 15 is 0 Å². The number of methoxy groups -OCH3 is 1. The van der Waals surface area contributed by atoms with Gasteiger partial charge in [0, 0.05) is 36.9 Å². The molecule has 2 heterocycles. The first-order valence-electron chi connectivity index (χ1n) is 6.99. The van der Waals surface area contributed by atoms with E-state index in [1.54, 1.807) is 7.11 Å². The van der Waals surface area contributed by atoms with Crippen LogP contribution in [0.5, 0.6) is 6.01 Å². The molecule has 5 heteroatoms. The molecular formula is C14H24N4O. The lowest BCUT2D eigenvalue weighted by atomic mass is 10.0. The number of piperidine rings is 1. The van der Waals surface area contributed by atoms with Crippen molar-refractivity contribution in [3.8, 4) is 6.01 Å². The van der Waals surface area contributed by atoms with Crippen molar-refractivity contribution in [2.75, 3.05) is 25.1 Å². The van der Waals surface area contributed by atoms with Gasteiger partial charge in [-0.25, -0.2) is 4.98 Å². The summed E-state index contributed by atoms with van der Waals surface area (Å²) < 4.78 is 5.14. The Balaban J connectivity index is 1.99. The van der Waals surface area contributed by atoms with Gasteiger partial charge in [-0.05, 0) is 19.8 Å². The lowest BCUT2D eigenvalue weighted by Gasteiger charge is -2.34.